The average Bonchev–Trinajstić information content (AvgIpc) is 2.74. The van der Waals surface area contributed by atoms with Crippen LogP contribution >= 0.6 is 23.2 Å². The fraction of sp³-hybridized carbons (Fsp3) is 0.440. The van der Waals surface area contributed by atoms with Gasteiger partial charge in [-0.1, -0.05) is 49.2 Å². The lowest BCUT2D eigenvalue weighted by molar-refractivity contribution is -0.149. The number of piperazine rings is 1. The van der Waals surface area contributed by atoms with E-state index in [1.54, 1.807) is 11.8 Å². The lowest BCUT2D eigenvalue weighted by Gasteiger charge is -2.49. The van der Waals surface area contributed by atoms with Gasteiger partial charge >= 0.3 is 5.97 Å². The van der Waals surface area contributed by atoms with E-state index in [1.165, 1.54) is 0 Å². The molecule has 1 amide bonds. The van der Waals surface area contributed by atoms with Crippen molar-refractivity contribution in [1.29, 1.82) is 0 Å². The minimum absolute atomic E-state index is 0.0803. The molecule has 0 spiro atoms. The molecule has 0 aromatic heterocycles. The van der Waals surface area contributed by atoms with Crippen LogP contribution in [0.25, 0.3) is 0 Å². The van der Waals surface area contributed by atoms with E-state index in [0.29, 0.717) is 29.1 Å². The van der Waals surface area contributed by atoms with Gasteiger partial charge in [0.1, 0.15) is 6.42 Å². The fourth-order valence-electron chi connectivity index (χ4n) is 4.31. The van der Waals surface area contributed by atoms with E-state index >= 15 is 0 Å². The molecule has 1 aliphatic heterocycles. The largest absolute Gasteiger partial charge is 0.466 e. The minimum atomic E-state index is -0.485. The molecule has 1 saturated heterocycles. The van der Waals surface area contributed by atoms with Crippen LogP contribution in [0.2, 0.25) is 10.0 Å². The number of carbonyl (C=O) groups is 2. The molecule has 172 valence electrons. The van der Waals surface area contributed by atoms with Gasteiger partial charge < -0.3 is 14.5 Å². The van der Waals surface area contributed by atoms with E-state index in [0.717, 1.165) is 17.7 Å². The Morgan fingerprint density at radius 3 is 2.16 bits per heavy atom. The summed E-state index contributed by atoms with van der Waals surface area (Å²) in [5, 5.41) is 1.34. The number of anilines is 1. The van der Waals surface area contributed by atoms with Gasteiger partial charge in [0.15, 0.2) is 0 Å². The zero-order valence-corrected chi connectivity index (χ0v) is 20.3. The number of rotatable bonds is 7. The summed E-state index contributed by atoms with van der Waals surface area (Å²) in [6.07, 6.45) is 0.659. The molecule has 2 aromatic rings. The van der Waals surface area contributed by atoms with Crippen molar-refractivity contribution in [3.63, 3.8) is 0 Å². The highest BCUT2D eigenvalue weighted by Crippen LogP contribution is 2.37. The number of halogens is 2. The van der Waals surface area contributed by atoms with Crippen LogP contribution < -0.4 is 4.90 Å². The van der Waals surface area contributed by atoms with Gasteiger partial charge in [0.2, 0.25) is 5.91 Å². The second kappa shape index (κ2) is 11.1. The average molecular weight is 477 g/mol. The van der Waals surface area contributed by atoms with Gasteiger partial charge in [0.05, 0.1) is 12.6 Å². The Labute approximate surface area is 200 Å². The molecule has 0 N–H and O–H groups in total. The number of benzene rings is 2. The summed E-state index contributed by atoms with van der Waals surface area (Å²) in [7, 11) is 0. The van der Waals surface area contributed by atoms with Crippen molar-refractivity contribution in [2.24, 2.45) is 5.92 Å². The smallest absolute Gasteiger partial charge is 0.315 e. The molecule has 2 aromatic carbocycles. The first kappa shape index (κ1) is 24.4. The van der Waals surface area contributed by atoms with Gasteiger partial charge in [-0.2, -0.15) is 0 Å². The Hall–Kier alpha value is -2.24. The summed E-state index contributed by atoms with van der Waals surface area (Å²) in [6, 6.07) is 15.6. The van der Waals surface area contributed by atoms with Crippen molar-refractivity contribution < 1.29 is 14.3 Å². The van der Waals surface area contributed by atoms with Crippen LogP contribution in [-0.2, 0) is 14.3 Å². The maximum absolute atomic E-state index is 13.0. The van der Waals surface area contributed by atoms with Crippen LogP contribution in [0.15, 0.2) is 48.5 Å². The Bertz CT molecular complexity index is 916. The van der Waals surface area contributed by atoms with Gasteiger partial charge in [0, 0.05) is 34.9 Å². The first-order valence-corrected chi connectivity index (χ1v) is 11.8. The molecule has 1 aliphatic rings. The molecule has 0 radical (unpaired) electrons. The zero-order chi connectivity index (χ0) is 23.3. The lowest BCUT2D eigenvalue weighted by Crippen LogP contribution is -2.57. The highest BCUT2D eigenvalue weighted by molar-refractivity contribution is 6.30. The molecular weight excluding hydrogens is 447 g/mol. The van der Waals surface area contributed by atoms with E-state index in [2.05, 4.69) is 18.7 Å². The number of ether oxygens (including phenoxy) is 1. The number of hydrogen-bond acceptors (Lipinski definition) is 4. The normalized spacial score (nSPS) is 18.7. The van der Waals surface area contributed by atoms with Crippen molar-refractivity contribution in [2.45, 2.75) is 45.7 Å². The Balaban J connectivity index is 1.98. The highest BCUT2D eigenvalue weighted by atomic mass is 35.5. The summed E-state index contributed by atoms with van der Waals surface area (Å²) in [6.45, 7) is 7.37. The highest BCUT2D eigenvalue weighted by Gasteiger charge is 2.38. The predicted molar refractivity (Wildman–Crippen MR) is 129 cm³/mol. The number of carbonyl (C=O) groups excluding carboxylic acids is 2. The van der Waals surface area contributed by atoms with E-state index < -0.39 is 5.97 Å². The lowest BCUT2D eigenvalue weighted by atomic mass is 9.92. The van der Waals surface area contributed by atoms with E-state index in [1.807, 2.05) is 48.5 Å². The second-order valence-corrected chi connectivity index (χ2v) is 9.39. The summed E-state index contributed by atoms with van der Waals surface area (Å²) in [4.78, 5) is 29.1. The van der Waals surface area contributed by atoms with Crippen molar-refractivity contribution in [2.75, 3.05) is 24.6 Å². The number of nitrogens with zero attached hydrogens (tertiary/aromatic N) is 2. The monoisotopic (exact) mass is 476 g/mol. The molecule has 2 unspecified atom stereocenters. The van der Waals surface area contributed by atoms with Crippen molar-refractivity contribution in [3.05, 3.63) is 64.1 Å². The predicted octanol–water partition coefficient (Wildman–Crippen LogP) is 5.75. The molecule has 32 heavy (non-hydrogen) atoms. The molecule has 0 saturated carbocycles. The standard InChI is InChI=1S/C25H30Cl2N2O3/c1-4-32-25(31)14-24(30)28-15-22(13-17(2)3)29(21-11-9-20(27)10-12-21)23(16-28)18-5-7-19(26)8-6-18/h5-12,17,22-23H,4,13-16H2,1-3H3. The fourth-order valence-corrected chi connectivity index (χ4v) is 4.56. The molecule has 1 heterocycles. The maximum atomic E-state index is 13.0. The summed E-state index contributed by atoms with van der Waals surface area (Å²) in [5.74, 6) is -0.256. The summed E-state index contributed by atoms with van der Waals surface area (Å²) < 4.78 is 5.00. The molecular formula is C25H30Cl2N2O3. The molecule has 0 aliphatic carbocycles. The molecule has 7 heteroatoms. The second-order valence-electron chi connectivity index (χ2n) is 8.51. The minimum Gasteiger partial charge on any atom is -0.466 e. The maximum Gasteiger partial charge on any atom is 0.315 e. The topological polar surface area (TPSA) is 49.9 Å². The van der Waals surface area contributed by atoms with Gasteiger partial charge in [-0.15, -0.1) is 0 Å². The van der Waals surface area contributed by atoms with E-state index in [9.17, 15) is 9.59 Å². The summed E-state index contributed by atoms with van der Waals surface area (Å²) >= 11 is 12.3. The molecule has 0 bridgehead atoms. The van der Waals surface area contributed by atoms with Crippen molar-refractivity contribution >= 4 is 40.8 Å². The van der Waals surface area contributed by atoms with Gasteiger partial charge in [-0.3, -0.25) is 9.59 Å². The van der Waals surface area contributed by atoms with Gasteiger partial charge in [0.25, 0.3) is 0 Å². The Kier molecular flexibility index (Phi) is 8.44. The number of amides is 1. The first-order chi connectivity index (χ1) is 15.3. The molecule has 2 atom stereocenters. The van der Waals surface area contributed by atoms with Gasteiger partial charge in [-0.05, 0) is 61.2 Å². The van der Waals surface area contributed by atoms with Crippen molar-refractivity contribution in [3.8, 4) is 0 Å². The summed E-state index contributed by atoms with van der Waals surface area (Å²) in [5.41, 5.74) is 2.12. The third kappa shape index (κ3) is 6.17. The van der Waals surface area contributed by atoms with Crippen LogP contribution in [0.3, 0.4) is 0 Å². The SMILES string of the molecule is CCOC(=O)CC(=O)N1CC(CC(C)C)N(c2ccc(Cl)cc2)C(c2ccc(Cl)cc2)C1. The van der Waals surface area contributed by atoms with Crippen LogP contribution in [0.4, 0.5) is 5.69 Å². The first-order valence-electron chi connectivity index (χ1n) is 11.0. The van der Waals surface area contributed by atoms with Crippen LogP contribution in [0.1, 0.15) is 45.2 Å². The zero-order valence-electron chi connectivity index (χ0n) is 18.8. The number of hydrogen-bond donors (Lipinski definition) is 0. The van der Waals surface area contributed by atoms with Gasteiger partial charge in [-0.25, -0.2) is 0 Å². The van der Waals surface area contributed by atoms with Crippen molar-refractivity contribution in [1.82, 2.24) is 4.90 Å². The Morgan fingerprint density at radius 1 is 1.00 bits per heavy atom. The quantitative estimate of drug-likeness (QED) is 0.376. The molecule has 5 nitrogen and oxygen atoms in total. The van der Waals surface area contributed by atoms with E-state index in [4.69, 9.17) is 27.9 Å². The Morgan fingerprint density at radius 2 is 1.59 bits per heavy atom. The molecule has 1 fully saturated rings. The molecule has 3 rings (SSSR count). The van der Waals surface area contributed by atoms with Crippen LogP contribution in [0.5, 0.6) is 0 Å². The van der Waals surface area contributed by atoms with Crippen LogP contribution in [0, 0.1) is 5.92 Å². The van der Waals surface area contributed by atoms with Crippen LogP contribution in [-0.4, -0.2) is 42.5 Å². The third-order valence-electron chi connectivity index (χ3n) is 5.63. The van der Waals surface area contributed by atoms with E-state index in [-0.39, 0.29) is 31.0 Å². The number of esters is 1. The third-order valence-corrected chi connectivity index (χ3v) is 6.13.